The lowest BCUT2D eigenvalue weighted by Crippen LogP contribution is -2.37. The highest BCUT2D eigenvalue weighted by atomic mass is 19.1. The van der Waals surface area contributed by atoms with Gasteiger partial charge in [0.1, 0.15) is 23.7 Å². The molecule has 0 aliphatic carbocycles. The first-order valence-corrected chi connectivity index (χ1v) is 11.3. The van der Waals surface area contributed by atoms with Crippen LogP contribution in [0, 0.1) is 12.7 Å². The molecule has 6 heteroatoms. The number of rotatable bonds is 8. The van der Waals surface area contributed by atoms with Crippen molar-refractivity contribution < 1.29 is 23.8 Å². The van der Waals surface area contributed by atoms with Crippen molar-refractivity contribution in [2.24, 2.45) is 0 Å². The highest BCUT2D eigenvalue weighted by Gasteiger charge is 2.36. The lowest BCUT2D eigenvalue weighted by Gasteiger charge is -2.24. The van der Waals surface area contributed by atoms with Crippen LogP contribution in [0.25, 0.3) is 0 Å². The van der Waals surface area contributed by atoms with Gasteiger partial charge < -0.3 is 14.7 Å². The Labute approximate surface area is 198 Å². The van der Waals surface area contributed by atoms with Crippen molar-refractivity contribution in [2.45, 2.75) is 38.7 Å². The van der Waals surface area contributed by atoms with E-state index in [2.05, 4.69) is 0 Å². The summed E-state index contributed by atoms with van der Waals surface area (Å²) < 4.78 is 20.3. The standard InChI is InChI=1S/C28H28FNO4/c1-19-6-5-7-20(14-19)12-13-30(18-26(31)32)27(33)21-10-11-25-23(15-21)17-28(2,34-25)16-22-8-3-4-9-24(22)29/h3-11,14-15H,12-13,16-18H2,1-2H3,(H,31,32)/t28-/m0/s1. The van der Waals surface area contributed by atoms with E-state index in [1.807, 2.05) is 38.1 Å². The number of halogens is 1. The third-order valence-corrected chi connectivity index (χ3v) is 6.12. The minimum atomic E-state index is -1.06. The largest absolute Gasteiger partial charge is 0.487 e. The summed E-state index contributed by atoms with van der Waals surface area (Å²) in [4.78, 5) is 26.0. The molecule has 3 aromatic carbocycles. The third-order valence-electron chi connectivity index (χ3n) is 6.12. The van der Waals surface area contributed by atoms with Crippen molar-refractivity contribution in [3.63, 3.8) is 0 Å². The van der Waals surface area contributed by atoms with Gasteiger partial charge in [-0.15, -0.1) is 0 Å². The van der Waals surface area contributed by atoms with E-state index in [0.717, 1.165) is 16.7 Å². The van der Waals surface area contributed by atoms with Crippen molar-refractivity contribution in [2.75, 3.05) is 13.1 Å². The summed E-state index contributed by atoms with van der Waals surface area (Å²) in [7, 11) is 0. The fraction of sp³-hybridized carbons (Fsp3) is 0.286. The predicted molar refractivity (Wildman–Crippen MR) is 128 cm³/mol. The van der Waals surface area contributed by atoms with Crippen LogP contribution in [-0.4, -0.2) is 40.6 Å². The number of fused-ring (bicyclic) bond motifs is 1. The molecule has 176 valence electrons. The molecule has 0 unspecified atom stereocenters. The molecular formula is C28H28FNO4. The monoisotopic (exact) mass is 461 g/mol. The van der Waals surface area contributed by atoms with Crippen molar-refractivity contribution in [1.29, 1.82) is 0 Å². The summed E-state index contributed by atoms with van der Waals surface area (Å²) in [6, 6.07) is 19.8. The Balaban J connectivity index is 1.49. The normalized spacial score (nSPS) is 16.6. The smallest absolute Gasteiger partial charge is 0.323 e. The Morgan fingerprint density at radius 2 is 1.88 bits per heavy atom. The number of carboxylic acids is 1. The average Bonchev–Trinajstić information content (AvgIpc) is 3.12. The average molecular weight is 462 g/mol. The molecule has 1 atom stereocenters. The summed E-state index contributed by atoms with van der Waals surface area (Å²) in [6.07, 6.45) is 1.49. The van der Waals surface area contributed by atoms with E-state index in [-0.39, 0.29) is 18.3 Å². The molecule has 5 nitrogen and oxygen atoms in total. The molecule has 0 bridgehead atoms. The highest BCUT2D eigenvalue weighted by molar-refractivity contribution is 5.96. The van der Waals surface area contributed by atoms with Gasteiger partial charge in [-0.1, -0.05) is 48.0 Å². The van der Waals surface area contributed by atoms with Crippen LogP contribution in [0.4, 0.5) is 4.39 Å². The van der Waals surface area contributed by atoms with Gasteiger partial charge in [0, 0.05) is 24.9 Å². The molecule has 4 rings (SSSR count). The number of ether oxygens (including phenoxy) is 1. The summed E-state index contributed by atoms with van der Waals surface area (Å²) in [5.74, 6) is -0.989. The topological polar surface area (TPSA) is 66.8 Å². The van der Waals surface area contributed by atoms with Crippen LogP contribution in [0.15, 0.2) is 66.7 Å². The predicted octanol–water partition coefficient (Wildman–Crippen LogP) is 4.84. The van der Waals surface area contributed by atoms with E-state index < -0.39 is 11.6 Å². The zero-order valence-corrected chi connectivity index (χ0v) is 19.4. The van der Waals surface area contributed by atoms with E-state index in [0.29, 0.717) is 42.7 Å². The molecule has 0 spiro atoms. The van der Waals surface area contributed by atoms with E-state index in [1.165, 1.54) is 11.0 Å². The van der Waals surface area contributed by atoms with Crippen LogP contribution in [0.3, 0.4) is 0 Å². The number of carbonyl (C=O) groups excluding carboxylic acids is 1. The number of benzene rings is 3. The summed E-state index contributed by atoms with van der Waals surface area (Å²) in [5, 5.41) is 9.36. The Hall–Kier alpha value is -3.67. The van der Waals surface area contributed by atoms with Crippen LogP contribution in [0.1, 0.15) is 39.5 Å². The molecule has 0 radical (unpaired) electrons. The van der Waals surface area contributed by atoms with Gasteiger partial charge in [-0.05, 0) is 61.2 Å². The van der Waals surface area contributed by atoms with Gasteiger partial charge >= 0.3 is 5.97 Å². The molecule has 0 fully saturated rings. The fourth-order valence-corrected chi connectivity index (χ4v) is 4.53. The number of hydrogen-bond donors (Lipinski definition) is 1. The van der Waals surface area contributed by atoms with Crippen molar-refractivity contribution in [3.8, 4) is 5.75 Å². The van der Waals surface area contributed by atoms with Crippen molar-refractivity contribution >= 4 is 11.9 Å². The molecule has 0 saturated heterocycles. The molecule has 3 aromatic rings. The van der Waals surface area contributed by atoms with E-state index in [9.17, 15) is 19.1 Å². The van der Waals surface area contributed by atoms with Gasteiger partial charge in [0.25, 0.3) is 5.91 Å². The molecular weight excluding hydrogens is 433 g/mol. The first kappa shape index (κ1) is 23.5. The molecule has 1 aliphatic rings. The first-order valence-electron chi connectivity index (χ1n) is 11.3. The SMILES string of the molecule is Cc1cccc(CCN(CC(=O)O)C(=O)c2ccc3c(c2)C[C@](C)(Cc2ccccc2F)O3)c1. The lowest BCUT2D eigenvalue weighted by molar-refractivity contribution is -0.137. The second kappa shape index (κ2) is 9.67. The van der Waals surface area contributed by atoms with Crippen molar-refractivity contribution in [1.82, 2.24) is 4.90 Å². The molecule has 0 saturated carbocycles. The zero-order valence-electron chi connectivity index (χ0n) is 19.4. The molecule has 0 aromatic heterocycles. The number of carbonyl (C=O) groups is 2. The second-order valence-electron chi connectivity index (χ2n) is 9.18. The molecule has 1 N–H and O–H groups in total. The highest BCUT2D eigenvalue weighted by Crippen LogP contribution is 2.38. The second-order valence-corrected chi connectivity index (χ2v) is 9.18. The lowest BCUT2D eigenvalue weighted by atomic mass is 9.91. The summed E-state index contributed by atoms with van der Waals surface area (Å²) in [6.45, 7) is 3.85. The first-order chi connectivity index (χ1) is 16.2. The van der Waals surface area contributed by atoms with Crippen LogP contribution in [0.5, 0.6) is 5.75 Å². The van der Waals surface area contributed by atoms with Gasteiger partial charge in [-0.3, -0.25) is 9.59 Å². The Morgan fingerprint density at radius 1 is 1.09 bits per heavy atom. The van der Waals surface area contributed by atoms with Gasteiger partial charge in [0.15, 0.2) is 0 Å². The maximum Gasteiger partial charge on any atom is 0.323 e. The van der Waals surface area contributed by atoms with Crippen LogP contribution < -0.4 is 4.74 Å². The van der Waals surface area contributed by atoms with E-state index in [1.54, 1.807) is 36.4 Å². The maximum absolute atomic E-state index is 14.2. The molecule has 1 amide bonds. The van der Waals surface area contributed by atoms with E-state index >= 15 is 0 Å². The Kier molecular flexibility index (Phi) is 6.68. The van der Waals surface area contributed by atoms with Crippen LogP contribution >= 0.6 is 0 Å². The summed E-state index contributed by atoms with van der Waals surface area (Å²) in [5.41, 5.74) is 3.40. The van der Waals surface area contributed by atoms with Crippen LogP contribution in [0.2, 0.25) is 0 Å². The quantitative estimate of drug-likeness (QED) is 0.521. The van der Waals surface area contributed by atoms with Gasteiger partial charge in [0.05, 0.1) is 0 Å². The van der Waals surface area contributed by atoms with Gasteiger partial charge in [0.2, 0.25) is 0 Å². The fourth-order valence-electron chi connectivity index (χ4n) is 4.53. The molecule has 1 aliphatic heterocycles. The minimum absolute atomic E-state index is 0.267. The molecule has 34 heavy (non-hydrogen) atoms. The zero-order chi connectivity index (χ0) is 24.3. The number of aliphatic carboxylic acids is 1. The third kappa shape index (κ3) is 5.45. The number of nitrogens with zero attached hydrogens (tertiary/aromatic N) is 1. The minimum Gasteiger partial charge on any atom is -0.487 e. The maximum atomic E-state index is 14.2. The van der Waals surface area contributed by atoms with Crippen molar-refractivity contribution in [3.05, 3.63) is 100 Å². The molecule has 1 heterocycles. The number of amides is 1. The number of aryl methyl sites for hydroxylation is 1. The van der Waals surface area contributed by atoms with Crippen LogP contribution in [-0.2, 0) is 24.1 Å². The summed E-state index contributed by atoms with van der Waals surface area (Å²) >= 11 is 0. The van der Waals surface area contributed by atoms with Gasteiger partial charge in [-0.25, -0.2) is 4.39 Å². The Bertz CT molecular complexity index is 1220. The number of hydrogen-bond acceptors (Lipinski definition) is 3. The number of carboxylic acid groups (broad SMARTS) is 1. The van der Waals surface area contributed by atoms with E-state index in [4.69, 9.17) is 4.74 Å². The van der Waals surface area contributed by atoms with Gasteiger partial charge in [-0.2, -0.15) is 0 Å². The Morgan fingerprint density at radius 3 is 2.62 bits per heavy atom.